The van der Waals surface area contributed by atoms with E-state index in [0.29, 0.717) is 19.0 Å². The van der Waals surface area contributed by atoms with Crippen LogP contribution in [0.4, 0.5) is 5.69 Å². The van der Waals surface area contributed by atoms with E-state index in [2.05, 4.69) is 41.5 Å². The van der Waals surface area contributed by atoms with Crippen LogP contribution in [0.25, 0.3) is 0 Å². The van der Waals surface area contributed by atoms with E-state index < -0.39 is 0 Å². The summed E-state index contributed by atoms with van der Waals surface area (Å²) < 4.78 is 0. The van der Waals surface area contributed by atoms with Crippen molar-refractivity contribution in [1.29, 1.82) is 0 Å². The van der Waals surface area contributed by atoms with Gasteiger partial charge in [-0.3, -0.25) is 9.79 Å². The number of nitrogens with one attached hydrogen (secondary N) is 2. The van der Waals surface area contributed by atoms with Crippen LogP contribution in [0.15, 0.2) is 29.3 Å². The predicted octanol–water partition coefficient (Wildman–Crippen LogP) is 3.79. The number of piperidine rings is 1. The Morgan fingerprint density at radius 1 is 1.13 bits per heavy atom. The zero-order valence-corrected chi connectivity index (χ0v) is 21.6. The number of anilines is 1. The first kappa shape index (κ1) is 25.9. The van der Waals surface area contributed by atoms with Crippen LogP contribution in [0.3, 0.4) is 0 Å². The third-order valence-corrected chi connectivity index (χ3v) is 6.11. The van der Waals surface area contributed by atoms with Gasteiger partial charge in [0.05, 0.1) is 0 Å². The molecule has 6 nitrogen and oxygen atoms in total. The van der Waals surface area contributed by atoms with Crippen molar-refractivity contribution in [3.8, 4) is 0 Å². The number of amides is 1. The summed E-state index contributed by atoms with van der Waals surface area (Å²) in [7, 11) is 0. The van der Waals surface area contributed by atoms with Crippen LogP contribution in [0.5, 0.6) is 0 Å². The SMILES string of the molecule is CCCCN1CCC(NC(=NCCCC(=O)N2CCc3ccccc32)NCC)CC1.I. The highest BCUT2D eigenvalue weighted by Gasteiger charge is 2.23. The third-order valence-electron chi connectivity index (χ3n) is 6.11. The number of para-hydroxylation sites is 1. The number of nitrogens with zero attached hydrogens (tertiary/aromatic N) is 3. The molecule has 7 heteroatoms. The number of likely N-dealkylation sites (tertiary alicyclic amines) is 1. The van der Waals surface area contributed by atoms with Gasteiger partial charge in [0.2, 0.25) is 5.91 Å². The van der Waals surface area contributed by atoms with Crippen LogP contribution in [-0.4, -0.2) is 62.1 Å². The predicted molar refractivity (Wildman–Crippen MR) is 141 cm³/mol. The minimum absolute atomic E-state index is 0. The second-order valence-electron chi connectivity index (χ2n) is 8.40. The maximum absolute atomic E-state index is 12.6. The average Bonchev–Trinajstić information content (AvgIpc) is 3.20. The number of aliphatic imine (C=N–C) groups is 1. The summed E-state index contributed by atoms with van der Waals surface area (Å²) in [6.07, 6.45) is 7.19. The number of benzene rings is 1. The van der Waals surface area contributed by atoms with Gasteiger partial charge in [-0.15, -0.1) is 24.0 Å². The van der Waals surface area contributed by atoms with E-state index >= 15 is 0 Å². The minimum atomic E-state index is 0. The van der Waals surface area contributed by atoms with Gasteiger partial charge >= 0.3 is 0 Å². The summed E-state index contributed by atoms with van der Waals surface area (Å²) in [5.74, 6) is 1.11. The van der Waals surface area contributed by atoms with E-state index in [-0.39, 0.29) is 29.9 Å². The van der Waals surface area contributed by atoms with Gasteiger partial charge in [-0.1, -0.05) is 31.5 Å². The molecule has 0 atom stereocenters. The lowest BCUT2D eigenvalue weighted by molar-refractivity contribution is -0.118. The summed E-state index contributed by atoms with van der Waals surface area (Å²) in [6, 6.07) is 8.72. The molecule has 31 heavy (non-hydrogen) atoms. The highest BCUT2D eigenvalue weighted by Crippen LogP contribution is 2.28. The topological polar surface area (TPSA) is 60.0 Å². The monoisotopic (exact) mass is 541 g/mol. The van der Waals surface area contributed by atoms with Gasteiger partial charge in [0.25, 0.3) is 0 Å². The molecular weight excluding hydrogens is 501 g/mol. The summed E-state index contributed by atoms with van der Waals surface area (Å²) in [4.78, 5) is 21.9. The van der Waals surface area contributed by atoms with Gasteiger partial charge in [0.1, 0.15) is 0 Å². The van der Waals surface area contributed by atoms with E-state index in [4.69, 9.17) is 4.99 Å². The first-order valence-corrected chi connectivity index (χ1v) is 11.9. The second kappa shape index (κ2) is 13.9. The van der Waals surface area contributed by atoms with Gasteiger partial charge in [-0.25, -0.2) is 0 Å². The van der Waals surface area contributed by atoms with E-state index in [1.54, 1.807) is 0 Å². The van der Waals surface area contributed by atoms with E-state index in [9.17, 15) is 4.79 Å². The van der Waals surface area contributed by atoms with Crippen LogP contribution in [0, 0.1) is 0 Å². The van der Waals surface area contributed by atoms with Crippen LogP contribution in [0.2, 0.25) is 0 Å². The van der Waals surface area contributed by atoms with Crippen molar-refractivity contribution < 1.29 is 4.79 Å². The molecule has 2 aliphatic rings. The number of carbonyl (C=O) groups excluding carboxylic acids is 1. The lowest BCUT2D eigenvalue weighted by atomic mass is 10.0. The number of hydrogen-bond acceptors (Lipinski definition) is 3. The Labute approximate surface area is 205 Å². The van der Waals surface area contributed by atoms with Crippen molar-refractivity contribution in [2.75, 3.05) is 44.2 Å². The Bertz CT molecular complexity index is 703. The summed E-state index contributed by atoms with van der Waals surface area (Å²) in [5.41, 5.74) is 2.37. The fourth-order valence-electron chi connectivity index (χ4n) is 4.35. The molecule has 1 saturated heterocycles. The van der Waals surface area contributed by atoms with Crippen molar-refractivity contribution in [3.05, 3.63) is 29.8 Å². The summed E-state index contributed by atoms with van der Waals surface area (Å²) in [6.45, 7) is 10.3. The maximum Gasteiger partial charge on any atom is 0.227 e. The van der Waals surface area contributed by atoms with Crippen molar-refractivity contribution in [2.45, 2.75) is 64.8 Å². The van der Waals surface area contributed by atoms with Gasteiger partial charge < -0.3 is 20.4 Å². The molecular formula is C24H40IN5O. The van der Waals surface area contributed by atoms with Crippen LogP contribution in [-0.2, 0) is 11.2 Å². The molecule has 1 fully saturated rings. The van der Waals surface area contributed by atoms with E-state index in [1.165, 1.54) is 50.9 Å². The molecule has 2 aliphatic heterocycles. The Balaban J connectivity index is 0.00000341. The standard InChI is InChI=1S/C24H39N5O.HI/c1-3-5-16-28-17-13-21(14-18-28)27-24(25-4-2)26-15-8-11-23(30)29-19-12-20-9-6-7-10-22(20)29;/h6-7,9-10,21H,3-5,8,11-19H2,1-2H3,(H2,25,26,27);1H. The Morgan fingerprint density at radius 3 is 2.65 bits per heavy atom. The lowest BCUT2D eigenvalue weighted by Gasteiger charge is -2.33. The summed E-state index contributed by atoms with van der Waals surface area (Å²) >= 11 is 0. The lowest BCUT2D eigenvalue weighted by Crippen LogP contribution is -2.48. The van der Waals surface area contributed by atoms with Crippen molar-refractivity contribution in [3.63, 3.8) is 0 Å². The first-order valence-electron chi connectivity index (χ1n) is 11.9. The molecule has 2 N–H and O–H groups in total. The van der Waals surface area contributed by atoms with Crippen molar-refractivity contribution in [1.82, 2.24) is 15.5 Å². The molecule has 2 heterocycles. The summed E-state index contributed by atoms with van der Waals surface area (Å²) in [5, 5.41) is 6.97. The molecule has 1 amide bonds. The fourth-order valence-corrected chi connectivity index (χ4v) is 4.35. The van der Waals surface area contributed by atoms with Crippen LogP contribution < -0.4 is 15.5 Å². The number of fused-ring (bicyclic) bond motifs is 1. The van der Waals surface area contributed by atoms with E-state index in [1.807, 2.05) is 17.0 Å². The molecule has 1 aromatic rings. The molecule has 0 bridgehead atoms. The Morgan fingerprint density at radius 2 is 1.90 bits per heavy atom. The quantitative estimate of drug-likeness (QED) is 0.216. The molecule has 0 radical (unpaired) electrons. The molecule has 0 unspecified atom stereocenters. The largest absolute Gasteiger partial charge is 0.357 e. The third kappa shape index (κ3) is 7.93. The zero-order chi connectivity index (χ0) is 21.2. The minimum Gasteiger partial charge on any atom is -0.357 e. The fraction of sp³-hybridized carbons (Fsp3) is 0.667. The van der Waals surface area contributed by atoms with Crippen LogP contribution in [0.1, 0.15) is 57.9 Å². The molecule has 3 rings (SSSR count). The van der Waals surface area contributed by atoms with Crippen molar-refractivity contribution in [2.24, 2.45) is 4.99 Å². The molecule has 1 aromatic carbocycles. The average molecular weight is 542 g/mol. The second-order valence-corrected chi connectivity index (χ2v) is 8.40. The number of halogens is 1. The Hall–Kier alpha value is -1.35. The number of unbranched alkanes of at least 4 members (excludes halogenated alkanes) is 1. The molecule has 174 valence electrons. The van der Waals surface area contributed by atoms with E-state index in [0.717, 1.165) is 37.6 Å². The number of carbonyl (C=O) groups is 1. The molecule has 0 spiro atoms. The number of rotatable bonds is 9. The Kier molecular flexibility index (Phi) is 11.6. The smallest absolute Gasteiger partial charge is 0.227 e. The van der Waals surface area contributed by atoms with Crippen LogP contribution >= 0.6 is 24.0 Å². The van der Waals surface area contributed by atoms with Gasteiger partial charge in [0, 0.05) is 50.9 Å². The zero-order valence-electron chi connectivity index (χ0n) is 19.2. The highest BCUT2D eigenvalue weighted by molar-refractivity contribution is 14.0. The molecule has 0 aliphatic carbocycles. The normalized spacial score (nSPS) is 17.2. The van der Waals surface area contributed by atoms with Crippen molar-refractivity contribution >= 4 is 41.5 Å². The molecule has 0 aromatic heterocycles. The van der Waals surface area contributed by atoms with Gasteiger partial charge in [-0.2, -0.15) is 0 Å². The molecule has 0 saturated carbocycles. The van der Waals surface area contributed by atoms with Gasteiger partial charge in [-0.05, 0) is 57.2 Å². The number of guanidine groups is 1. The number of hydrogen-bond donors (Lipinski definition) is 2. The maximum atomic E-state index is 12.6. The van der Waals surface area contributed by atoms with Gasteiger partial charge in [0.15, 0.2) is 5.96 Å². The highest BCUT2D eigenvalue weighted by atomic mass is 127. The first-order chi connectivity index (χ1) is 14.7.